The molecular weight excluding hydrogens is 252 g/mol. The molecule has 92 valence electrons. The molecule has 18 heavy (non-hydrogen) atoms. The Morgan fingerprint density at radius 2 is 1.89 bits per heavy atom. The van der Waals surface area contributed by atoms with Gasteiger partial charge < -0.3 is 5.73 Å². The van der Waals surface area contributed by atoms with Gasteiger partial charge in [0.1, 0.15) is 0 Å². The van der Waals surface area contributed by atoms with E-state index in [1.54, 1.807) is 30.3 Å². The lowest BCUT2D eigenvalue weighted by atomic mass is 10.00. The summed E-state index contributed by atoms with van der Waals surface area (Å²) in [5.74, 6) is 0. The second kappa shape index (κ2) is 4.66. The van der Waals surface area contributed by atoms with Gasteiger partial charge in [-0.3, -0.25) is 10.1 Å². The minimum Gasteiger partial charge on any atom is -0.398 e. The molecule has 2 N–H and O–H groups in total. The molecular formula is C13H11ClN2O2. The third-order valence-corrected chi connectivity index (χ3v) is 3.13. The molecule has 0 fully saturated rings. The van der Waals surface area contributed by atoms with E-state index in [0.29, 0.717) is 21.8 Å². The molecule has 0 amide bonds. The van der Waals surface area contributed by atoms with Crippen molar-refractivity contribution in [3.05, 3.63) is 57.1 Å². The summed E-state index contributed by atoms with van der Waals surface area (Å²) in [5, 5.41) is 11.5. The number of hydrogen-bond donors (Lipinski definition) is 1. The zero-order valence-electron chi connectivity index (χ0n) is 9.68. The molecule has 0 spiro atoms. The fourth-order valence-electron chi connectivity index (χ4n) is 1.79. The molecule has 5 heteroatoms. The lowest BCUT2D eigenvalue weighted by Crippen LogP contribution is -1.96. The SMILES string of the molecule is Cc1cc(-c2ccccc2[N+](=O)[O-])c(N)cc1Cl. The highest BCUT2D eigenvalue weighted by Crippen LogP contribution is 2.36. The first-order chi connectivity index (χ1) is 8.50. The monoisotopic (exact) mass is 262 g/mol. The molecule has 0 aliphatic rings. The standard InChI is InChI=1S/C13H11ClN2O2/c1-8-6-10(12(15)7-11(8)14)9-4-2-3-5-13(9)16(17)18/h2-7H,15H2,1H3. The second-order valence-corrected chi connectivity index (χ2v) is 4.37. The zero-order valence-corrected chi connectivity index (χ0v) is 10.4. The van der Waals surface area contributed by atoms with Crippen molar-refractivity contribution >= 4 is 23.0 Å². The van der Waals surface area contributed by atoms with Crippen LogP contribution in [0, 0.1) is 17.0 Å². The summed E-state index contributed by atoms with van der Waals surface area (Å²) in [6, 6.07) is 9.88. The molecule has 2 aromatic carbocycles. The molecule has 0 saturated carbocycles. The number of nitrogens with two attached hydrogens (primary N) is 1. The minimum absolute atomic E-state index is 0.0333. The largest absolute Gasteiger partial charge is 0.398 e. The summed E-state index contributed by atoms with van der Waals surface area (Å²) in [6.45, 7) is 1.83. The van der Waals surface area contributed by atoms with Crippen molar-refractivity contribution in [3.63, 3.8) is 0 Å². The number of nitro benzene ring substituents is 1. The van der Waals surface area contributed by atoms with Gasteiger partial charge in [-0.15, -0.1) is 0 Å². The van der Waals surface area contributed by atoms with Crippen molar-refractivity contribution in [1.82, 2.24) is 0 Å². The predicted octanol–water partition coefficient (Wildman–Crippen LogP) is 3.81. The molecule has 0 aliphatic carbocycles. The van der Waals surface area contributed by atoms with Gasteiger partial charge in [0.15, 0.2) is 0 Å². The number of benzene rings is 2. The molecule has 0 saturated heterocycles. The van der Waals surface area contributed by atoms with Crippen molar-refractivity contribution in [2.75, 3.05) is 5.73 Å². The highest BCUT2D eigenvalue weighted by atomic mass is 35.5. The van der Waals surface area contributed by atoms with E-state index in [0.717, 1.165) is 5.56 Å². The van der Waals surface area contributed by atoms with Crippen molar-refractivity contribution in [2.24, 2.45) is 0 Å². The molecule has 0 unspecified atom stereocenters. The van der Waals surface area contributed by atoms with Gasteiger partial charge in [-0.05, 0) is 30.7 Å². The number of nitrogen functional groups attached to an aromatic ring is 1. The number of para-hydroxylation sites is 1. The minimum atomic E-state index is -0.418. The number of nitrogens with zero attached hydrogens (tertiary/aromatic N) is 1. The molecule has 2 aromatic rings. The average molecular weight is 263 g/mol. The van der Waals surface area contributed by atoms with Crippen LogP contribution in [0.25, 0.3) is 11.1 Å². The molecule has 0 atom stereocenters. The predicted molar refractivity (Wildman–Crippen MR) is 72.7 cm³/mol. The molecule has 0 heterocycles. The second-order valence-electron chi connectivity index (χ2n) is 3.96. The van der Waals surface area contributed by atoms with Crippen LogP contribution in [-0.4, -0.2) is 4.92 Å². The maximum atomic E-state index is 11.0. The normalized spacial score (nSPS) is 10.3. The molecule has 0 bridgehead atoms. The number of anilines is 1. The molecule has 0 radical (unpaired) electrons. The van der Waals surface area contributed by atoms with E-state index >= 15 is 0 Å². The summed E-state index contributed by atoms with van der Waals surface area (Å²) < 4.78 is 0. The zero-order chi connectivity index (χ0) is 13.3. The van der Waals surface area contributed by atoms with Gasteiger partial charge >= 0.3 is 0 Å². The lowest BCUT2D eigenvalue weighted by molar-refractivity contribution is -0.384. The topological polar surface area (TPSA) is 69.2 Å². The first-order valence-corrected chi connectivity index (χ1v) is 5.68. The van der Waals surface area contributed by atoms with Crippen LogP contribution in [0.15, 0.2) is 36.4 Å². The summed E-state index contributed by atoms with van der Waals surface area (Å²) in [5.41, 5.74) is 8.31. The van der Waals surface area contributed by atoms with Crippen molar-refractivity contribution in [3.8, 4) is 11.1 Å². The number of nitro groups is 1. The van der Waals surface area contributed by atoms with Gasteiger partial charge in [-0.1, -0.05) is 23.7 Å². The number of aryl methyl sites for hydroxylation is 1. The smallest absolute Gasteiger partial charge is 0.277 e. The lowest BCUT2D eigenvalue weighted by Gasteiger charge is -2.09. The summed E-state index contributed by atoms with van der Waals surface area (Å²) >= 11 is 5.96. The number of hydrogen-bond acceptors (Lipinski definition) is 3. The highest BCUT2D eigenvalue weighted by Gasteiger charge is 2.16. The van der Waals surface area contributed by atoms with Gasteiger partial charge in [-0.25, -0.2) is 0 Å². The molecule has 0 aromatic heterocycles. The Bertz CT molecular complexity index is 626. The van der Waals surface area contributed by atoms with E-state index < -0.39 is 4.92 Å². The molecule has 4 nitrogen and oxygen atoms in total. The van der Waals surface area contributed by atoms with E-state index in [1.807, 2.05) is 6.92 Å². The van der Waals surface area contributed by atoms with Crippen LogP contribution in [0.1, 0.15) is 5.56 Å². The van der Waals surface area contributed by atoms with Crippen LogP contribution in [0.4, 0.5) is 11.4 Å². The number of halogens is 1. The van der Waals surface area contributed by atoms with E-state index in [4.69, 9.17) is 17.3 Å². The summed E-state index contributed by atoms with van der Waals surface area (Å²) in [6.07, 6.45) is 0. The summed E-state index contributed by atoms with van der Waals surface area (Å²) in [7, 11) is 0. The number of rotatable bonds is 2. The van der Waals surface area contributed by atoms with Crippen LogP contribution in [-0.2, 0) is 0 Å². The first-order valence-electron chi connectivity index (χ1n) is 5.30. The fraction of sp³-hybridized carbons (Fsp3) is 0.0769. The van der Waals surface area contributed by atoms with Crippen molar-refractivity contribution in [1.29, 1.82) is 0 Å². The van der Waals surface area contributed by atoms with E-state index in [2.05, 4.69) is 0 Å². The third-order valence-electron chi connectivity index (χ3n) is 2.72. The van der Waals surface area contributed by atoms with Gasteiger partial charge in [0.25, 0.3) is 5.69 Å². The Balaban J connectivity index is 2.69. The van der Waals surface area contributed by atoms with Crippen LogP contribution >= 0.6 is 11.6 Å². The fourth-order valence-corrected chi connectivity index (χ4v) is 1.96. The average Bonchev–Trinajstić information content (AvgIpc) is 2.34. The van der Waals surface area contributed by atoms with Gasteiger partial charge in [0.2, 0.25) is 0 Å². The van der Waals surface area contributed by atoms with Crippen molar-refractivity contribution < 1.29 is 4.92 Å². The maximum Gasteiger partial charge on any atom is 0.277 e. The maximum absolute atomic E-state index is 11.0. The molecule has 2 rings (SSSR count). The van der Waals surface area contributed by atoms with Crippen LogP contribution in [0.5, 0.6) is 0 Å². The van der Waals surface area contributed by atoms with Gasteiger partial charge in [0, 0.05) is 22.3 Å². The van der Waals surface area contributed by atoms with Crippen LogP contribution in [0.3, 0.4) is 0 Å². The van der Waals surface area contributed by atoms with Crippen LogP contribution in [0.2, 0.25) is 5.02 Å². The Kier molecular flexibility index (Phi) is 3.21. The Morgan fingerprint density at radius 1 is 1.22 bits per heavy atom. The Labute approximate surface area is 109 Å². The van der Waals surface area contributed by atoms with Crippen LogP contribution < -0.4 is 5.73 Å². The summed E-state index contributed by atoms with van der Waals surface area (Å²) in [4.78, 5) is 10.6. The van der Waals surface area contributed by atoms with Crippen molar-refractivity contribution in [2.45, 2.75) is 6.92 Å². The highest BCUT2D eigenvalue weighted by molar-refractivity contribution is 6.31. The Hall–Kier alpha value is -2.07. The first kappa shape index (κ1) is 12.4. The molecule has 0 aliphatic heterocycles. The third kappa shape index (κ3) is 2.15. The quantitative estimate of drug-likeness (QED) is 0.508. The van der Waals surface area contributed by atoms with E-state index in [1.165, 1.54) is 6.07 Å². The van der Waals surface area contributed by atoms with Gasteiger partial charge in [0.05, 0.1) is 10.5 Å². The Morgan fingerprint density at radius 3 is 2.56 bits per heavy atom. The van der Waals surface area contributed by atoms with E-state index in [9.17, 15) is 10.1 Å². The van der Waals surface area contributed by atoms with E-state index in [-0.39, 0.29) is 5.69 Å². The van der Waals surface area contributed by atoms with Gasteiger partial charge in [-0.2, -0.15) is 0 Å².